The van der Waals surface area contributed by atoms with E-state index in [1.165, 1.54) is 17.4 Å². The van der Waals surface area contributed by atoms with Crippen molar-refractivity contribution in [2.75, 3.05) is 16.0 Å². The Hall–Kier alpha value is -2.13. The van der Waals surface area contributed by atoms with Gasteiger partial charge in [0.2, 0.25) is 5.91 Å². The Labute approximate surface area is 169 Å². The van der Waals surface area contributed by atoms with Crippen LogP contribution in [0.1, 0.15) is 17.4 Å². The van der Waals surface area contributed by atoms with Gasteiger partial charge in [0.1, 0.15) is 5.75 Å². The Morgan fingerprint density at radius 2 is 2.00 bits per heavy atom. The maximum atomic E-state index is 11.7. The minimum atomic E-state index is -0.0815. The van der Waals surface area contributed by atoms with E-state index in [0.29, 0.717) is 0 Å². The van der Waals surface area contributed by atoms with E-state index in [0.717, 1.165) is 45.4 Å². The number of amides is 1. The minimum absolute atomic E-state index is 0.0815. The first kappa shape index (κ1) is 17.3. The molecule has 4 rings (SSSR count). The molecule has 0 unspecified atom stereocenters. The van der Waals surface area contributed by atoms with Crippen LogP contribution in [0.15, 0.2) is 36.4 Å². The number of nitrogens with zero attached hydrogens (tertiary/aromatic N) is 1. The standard InChI is InChI=1S/C19H16IN3O2S/c1-10(24)21-16-7-12-8-17-18(22-19(23-20)26-17)15(12)9-14(16)11-3-5-13(25-2)6-4-11/h3-7,9H,8H2,1-2H3,(H,21,24)(H,22,23). The van der Waals surface area contributed by atoms with Crippen LogP contribution in [0.5, 0.6) is 5.75 Å². The Bertz CT molecular complexity index is 999. The summed E-state index contributed by atoms with van der Waals surface area (Å²) in [4.78, 5) is 17.6. The van der Waals surface area contributed by atoms with Crippen LogP contribution in [0.2, 0.25) is 0 Å². The molecule has 1 aliphatic carbocycles. The molecule has 0 saturated heterocycles. The molecule has 1 aliphatic rings. The highest BCUT2D eigenvalue weighted by molar-refractivity contribution is 14.1. The van der Waals surface area contributed by atoms with Gasteiger partial charge >= 0.3 is 0 Å². The third kappa shape index (κ3) is 3.05. The van der Waals surface area contributed by atoms with E-state index >= 15 is 0 Å². The highest BCUT2D eigenvalue weighted by Gasteiger charge is 2.25. The molecule has 0 spiro atoms. The van der Waals surface area contributed by atoms with Gasteiger partial charge in [-0.05, 0) is 35.4 Å². The van der Waals surface area contributed by atoms with Crippen LogP contribution in [-0.4, -0.2) is 18.0 Å². The molecule has 1 aromatic heterocycles. The molecule has 0 saturated carbocycles. The number of fused-ring (bicyclic) bond motifs is 3. The van der Waals surface area contributed by atoms with Crippen molar-refractivity contribution < 1.29 is 9.53 Å². The van der Waals surface area contributed by atoms with E-state index in [1.807, 2.05) is 24.3 Å². The van der Waals surface area contributed by atoms with Crippen LogP contribution >= 0.6 is 34.2 Å². The molecule has 3 aromatic rings. The lowest BCUT2D eigenvalue weighted by molar-refractivity contribution is -0.114. The molecule has 132 valence electrons. The second-order valence-corrected chi connectivity index (χ2v) is 7.65. The molecule has 2 aromatic carbocycles. The monoisotopic (exact) mass is 477 g/mol. The van der Waals surface area contributed by atoms with Gasteiger partial charge in [0.25, 0.3) is 0 Å². The van der Waals surface area contributed by atoms with Crippen molar-refractivity contribution in [3.05, 3.63) is 46.8 Å². The fourth-order valence-electron chi connectivity index (χ4n) is 3.21. The number of thiazole rings is 1. The summed E-state index contributed by atoms with van der Waals surface area (Å²) in [7, 11) is 1.65. The number of hydrogen-bond donors (Lipinski definition) is 2. The van der Waals surface area contributed by atoms with E-state index in [2.05, 4.69) is 43.8 Å². The lowest BCUT2D eigenvalue weighted by Crippen LogP contribution is -2.07. The Balaban J connectivity index is 1.85. The Kier molecular flexibility index (Phi) is 4.58. The minimum Gasteiger partial charge on any atom is -0.497 e. The van der Waals surface area contributed by atoms with Crippen LogP contribution in [0.4, 0.5) is 10.8 Å². The number of hydrogen-bond acceptors (Lipinski definition) is 5. The van der Waals surface area contributed by atoms with E-state index in [4.69, 9.17) is 9.72 Å². The van der Waals surface area contributed by atoms with Crippen LogP contribution in [0, 0.1) is 0 Å². The summed E-state index contributed by atoms with van der Waals surface area (Å²) >= 11 is 3.77. The van der Waals surface area contributed by atoms with Crippen LogP contribution in [-0.2, 0) is 11.2 Å². The van der Waals surface area contributed by atoms with E-state index < -0.39 is 0 Å². The number of halogens is 1. The molecule has 7 heteroatoms. The molecular weight excluding hydrogens is 461 g/mol. The molecule has 1 amide bonds. The molecule has 1 heterocycles. The zero-order valence-electron chi connectivity index (χ0n) is 14.2. The molecule has 26 heavy (non-hydrogen) atoms. The maximum absolute atomic E-state index is 11.7. The molecule has 0 fully saturated rings. The van der Waals surface area contributed by atoms with Crippen molar-refractivity contribution >= 4 is 50.9 Å². The highest BCUT2D eigenvalue weighted by atomic mass is 127. The van der Waals surface area contributed by atoms with Crippen molar-refractivity contribution in [2.24, 2.45) is 0 Å². The van der Waals surface area contributed by atoms with E-state index in [9.17, 15) is 4.79 Å². The molecule has 2 N–H and O–H groups in total. The summed E-state index contributed by atoms with van der Waals surface area (Å²) in [6.45, 7) is 1.53. The van der Waals surface area contributed by atoms with Crippen LogP contribution in [0.3, 0.4) is 0 Å². The molecule has 0 atom stereocenters. The SMILES string of the molecule is COc1ccc(-c2cc3c(cc2NC(C)=O)Cc2sc(NI)nc2-3)cc1. The number of rotatable bonds is 4. The molecule has 5 nitrogen and oxygen atoms in total. The quantitative estimate of drug-likeness (QED) is 0.317. The van der Waals surface area contributed by atoms with Gasteiger partial charge in [-0.15, -0.1) is 11.3 Å². The first-order valence-corrected chi connectivity index (χ1v) is 9.94. The first-order chi connectivity index (χ1) is 12.6. The van der Waals surface area contributed by atoms with Gasteiger partial charge in [0.05, 0.1) is 35.7 Å². The van der Waals surface area contributed by atoms with Gasteiger partial charge in [-0.25, -0.2) is 4.98 Å². The molecular formula is C19H16IN3O2S. The molecule has 0 radical (unpaired) electrons. The number of carbonyl (C=O) groups excluding carboxylic acids is 1. The summed E-state index contributed by atoms with van der Waals surface area (Å²) < 4.78 is 8.34. The zero-order valence-corrected chi connectivity index (χ0v) is 17.2. The Morgan fingerprint density at radius 3 is 2.65 bits per heavy atom. The summed E-state index contributed by atoms with van der Waals surface area (Å²) in [5.74, 6) is 0.720. The Morgan fingerprint density at radius 1 is 1.23 bits per heavy atom. The van der Waals surface area contributed by atoms with Crippen LogP contribution < -0.4 is 13.6 Å². The van der Waals surface area contributed by atoms with E-state index in [1.54, 1.807) is 18.4 Å². The lowest BCUT2D eigenvalue weighted by atomic mass is 9.97. The number of carbonyl (C=O) groups is 1. The first-order valence-electron chi connectivity index (χ1n) is 8.04. The number of nitrogens with one attached hydrogen (secondary N) is 2. The number of anilines is 2. The number of methoxy groups -OCH3 is 1. The van der Waals surface area contributed by atoms with Gasteiger partial charge in [0, 0.05) is 35.0 Å². The topological polar surface area (TPSA) is 63.2 Å². The molecule has 0 bridgehead atoms. The second-order valence-electron chi connectivity index (χ2n) is 6.03. The van der Waals surface area contributed by atoms with Crippen molar-refractivity contribution in [1.29, 1.82) is 0 Å². The number of ether oxygens (including phenoxy) is 1. The van der Waals surface area contributed by atoms with Crippen molar-refractivity contribution in [1.82, 2.24) is 4.98 Å². The third-order valence-corrected chi connectivity index (χ3v) is 6.19. The summed E-state index contributed by atoms with van der Waals surface area (Å²) in [5, 5.41) is 3.89. The summed E-state index contributed by atoms with van der Waals surface area (Å²) in [6.07, 6.45) is 0.843. The van der Waals surface area contributed by atoms with Gasteiger partial charge < -0.3 is 13.6 Å². The average Bonchev–Trinajstić information content (AvgIpc) is 3.18. The van der Waals surface area contributed by atoms with E-state index in [-0.39, 0.29) is 5.91 Å². The number of benzene rings is 2. The lowest BCUT2D eigenvalue weighted by Gasteiger charge is -2.14. The van der Waals surface area contributed by atoms with Gasteiger partial charge in [-0.2, -0.15) is 0 Å². The van der Waals surface area contributed by atoms with Crippen molar-refractivity contribution in [3.8, 4) is 28.1 Å². The normalized spacial score (nSPS) is 11.7. The zero-order chi connectivity index (χ0) is 18.3. The van der Waals surface area contributed by atoms with Crippen molar-refractivity contribution in [2.45, 2.75) is 13.3 Å². The predicted octanol–water partition coefficient (Wildman–Crippen LogP) is 5.11. The maximum Gasteiger partial charge on any atom is 0.221 e. The van der Waals surface area contributed by atoms with Gasteiger partial charge in [-0.1, -0.05) is 12.1 Å². The summed E-state index contributed by atoms with van der Waals surface area (Å²) in [5.41, 5.74) is 6.19. The summed E-state index contributed by atoms with van der Waals surface area (Å²) in [6, 6.07) is 12.0. The second kappa shape index (κ2) is 6.88. The number of aromatic nitrogens is 1. The van der Waals surface area contributed by atoms with Crippen molar-refractivity contribution in [3.63, 3.8) is 0 Å². The highest BCUT2D eigenvalue weighted by Crippen LogP contribution is 2.45. The smallest absolute Gasteiger partial charge is 0.221 e. The third-order valence-electron chi connectivity index (χ3n) is 4.34. The fourth-order valence-corrected chi connectivity index (χ4v) is 4.55. The van der Waals surface area contributed by atoms with Gasteiger partial charge in [0.15, 0.2) is 5.13 Å². The largest absolute Gasteiger partial charge is 0.497 e. The predicted molar refractivity (Wildman–Crippen MR) is 114 cm³/mol. The fraction of sp³-hybridized carbons (Fsp3) is 0.158. The average molecular weight is 477 g/mol. The van der Waals surface area contributed by atoms with Gasteiger partial charge in [-0.3, -0.25) is 4.79 Å². The van der Waals surface area contributed by atoms with Crippen LogP contribution in [0.25, 0.3) is 22.4 Å². The molecule has 0 aliphatic heterocycles.